The van der Waals surface area contributed by atoms with Crippen molar-refractivity contribution in [1.29, 1.82) is 0 Å². The summed E-state index contributed by atoms with van der Waals surface area (Å²) >= 11 is 0. The number of para-hydroxylation sites is 1. The first kappa shape index (κ1) is 16.9. The summed E-state index contributed by atoms with van der Waals surface area (Å²) < 4.78 is 7.50. The van der Waals surface area contributed by atoms with Crippen LogP contribution in [0.25, 0.3) is 5.69 Å². The lowest BCUT2D eigenvalue weighted by atomic mass is 10.0. The average molecular weight is 350 g/mol. The molecule has 3 aromatic rings. The largest absolute Gasteiger partial charge is 0.370 e. The highest BCUT2D eigenvalue weighted by atomic mass is 16.5. The summed E-state index contributed by atoms with van der Waals surface area (Å²) in [5.74, 6) is 0.880. The number of nitrogens with one attached hydrogen (secondary N) is 1. The smallest absolute Gasteiger partial charge is 0.219 e. The molecular formula is C20H24N5O+. The quantitative estimate of drug-likeness (QED) is 0.770. The number of tetrazole rings is 1. The van der Waals surface area contributed by atoms with Gasteiger partial charge in [0.05, 0.1) is 18.9 Å². The van der Waals surface area contributed by atoms with Gasteiger partial charge >= 0.3 is 0 Å². The normalized spacial score (nSPS) is 16.5. The summed E-state index contributed by atoms with van der Waals surface area (Å²) in [7, 11) is 0. The minimum atomic E-state index is 0.0779. The molecule has 0 aliphatic carbocycles. The van der Waals surface area contributed by atoms with E-state index in [0.29, 0.717) is 0 Å². The van der Waals surface area contributed by atoms with E-state index in [0.717, 1.165) is 37.8 Å². The van der Waals surface area contributed by atoms with Crippen LogP contribution in [-0.2, 0) is 4.74 Å². The Bertz CT molecular complexity index is 851. The van der Waals surface area contributed by atoms with Gasteiger partial charge in [0.2, 0.25) is 5.82 Å². The fraction of sp³-hybridized carbons (Fsp3) is 0.350. The van der Waals surface area contributed by atoms with E-state index >= 15 is 0 Å². The molecule has 1 aromatic heterocycles. The molecule has 1 N–H and O–H groups in total. The maximum Gasteiger partial charge on any atom is 0.219 e. The van der Waals surface area contributed by atoms with Crippen molar-refractivity contribution in [3.8, 4) is 5.69 Å². The Balaban J connectivity index is 1.84. The standard InChI is InChI=1S/C20H23N5O/c1-15-7-6-8-16(2)18(15)25-20(21-22-23-25)19(17-9-4-3-5-10-17)24-11-13-26-14-12-24/h3-10,19H,11-14H2,1-2H3/p+1/t19-/m0/s1. The second-order valence-electron chi connectivity index (χ2n) is 6.80. The van der Waals surface area contributed by atoms with Crippen LogP contribution in [0.2, 0.25) is 0 Å². The number of ether oxygens (including phenoxy) is 1. The highest BCUT2D eigenvalue weighted by Gasteiger charge is 2.33. The van der Waals surface area contributed by atoms with Gasteiger partial charge in [-0.2, -0.15) is 4.68 Å². The van der Waals surface area contributed by atoms with Crippen LogP contribution < -0.4 is 4.90 Å². The first-order valence-corrected chi connectivity index (χ1v) is 9.08. The van der Waals surface area contributed by atoms with Gasteiger partial charge in [-0.3, -0.25) is 0 Å². The summed E-state index contributed by atoms with van der Waals surface area (Å²) in [6, 6.07) is 16.9. The molecule has 6 heteroatoms. The summed E-state index contributed by atoms with van der Waals surface area (Å²) in [5.41, 5.74) is 4.64. The number of benzene rings is 2. The minimum absolute atomic E-state index is 0.0779. The highest BCUT2D eigenvalue weighted by Crippen LogP contribution is 2.23. The number of hydrogen-bond acceptors (Lipinski definition) is 4. The van der Waals surface area contributed by atoms with Gasteiger partial charge in [-0.05, 0) is 35.4 Å². The average Bonchev–Trinajstić information content (AvgIpc) is 3.12. The molecule has 1 aliphatic rings. The lowest BCUT2D eigenvalue weighted by Crippen LogP contribution is -3.14. The van der Waals surface area contributed by atoms with Gasteiger partial charge in [-0.1, -0.05) is 48.5 Å². The van der Waals surface area contributed by atoms with Crippen LogP contribution in [0.1, 0.15) is 28.6 Å². The molecule has 134 valence electrons. The van der Waals surface area contributed by atoms with E-state index in [1.807, 2.05) is 10.7 Å². The maximum atomic E-state index is 5.58. The predicted molar refractivity (Wildman–Crippen MR) is 98.4 cm³/mol. The Kier molecular flexibility index (Phi) is 4.77. The lowest BCUT2D eigenvalue weighted by molar-refractivity contribution is -0.933. The van der Waals surface area contributed by atoms with Gasteiger partial charge in [-0.15, -0.1) is 5.10 Å². The first-order valence-electron chi connectivity index (χ1n) is 9.08. The number of aryl methyl sites for hydroxylation is 2. The summed E-state index contributed by atoms with van der Waals surface area (Å²) in [5, 5.41) is 12.9. The molecule has 1 aliphatic heterocycles. The summed E-state index contributed by atoms with van der Waals surface area (Å²) in [6.45, 7) is 7.63. The molecule has 4 rings (SSSR count). The van der Waals surface area contributed by atoms with Crippen LogP contribution in [0.4, 0.5) is 0 Å². The molecule has 1 fully saturated rings. The molecule has 26 heavy (non-hydrogen) atoms. The second kappa shape index (κ2) is 7.35. The zero-order valence-corrected chi connectivity index (χ0v) is 15.2. The van der Waals surface area contributed by atoms with E-state index in [-0.39, 0.29) is 6.04 Å². The first-order chi connectivity index (χ1) is 12.8. The van der Waals surface area contributed by atoms with Gasteiger partial charge in [0.1, 0.15) is 13.1 Å². The molecule has 2 heterocycles. The molecule has 0 radical (unpaired) electrons. The number of aromatic nitrogens is 4. The third-order valence-corrected chi connectivity index (χ3v) is 5.08. The number of quaternary nitrogens is 1. The Morgan fingerprint density at radius 1 is 0.962 bits per heavy atom. The Morgan fingerprint density at radius 3 is 2.35 bits per heavy atom. The van der Waals surface area contributed by atoms with Crippen molar-refractivity contribution in [2.45, 2.75) is 19.9 Å². The number of rotatable bonds is 4. The van der Waals surface area contributed by atoms with Crippen molar-refractivity contribution < 1.29 is 9.64 Å². The van der Waals surface area contributed by atoms with Crippen molar-refractivity contribution in [1.82, 2.24) is 20.2 Å². The number of morpholine rings is 1. The predicted octanol–water partition coefficient (Wildman–Crippen LogP) is 1.28. The Labute approximate surface area is 153 Å². The molecule has 1 atom stereocenters. The fourth-order valence-electron chi connectivity index (χ4n) is 3.81. The molecule has 0 unspecified atom stereocenters. The van der Waals surface area contributed by atoms with Gasteiger partial charge in [-0.25, -0.2) is 0 Å². The third-order valence-electron chi connectivity index (χ3n) is 5.08. The van der Waals surface area contributed by atoms with Crippen LogP contribution in [0, 0.1) is 13.8 Å². The molecule has 0 saturated carbocycles. The van der Waals surface area contributed by atoms with Crippen molar-refractivity contribution >= 4 is 0 Å². The lowest BCUT2D eigenvalue weighted by Gasteiger charge is -2.31. The van der Waals surface area contributed by atoms with Crippen molar-refractivity contribution in [2.75, 3.05) is 26.3 Å². The van der Waals surface area contributed by atoms with E-state index in [2.05, 4.69) is 71.8 Å². The number of nitrogens with zero attached hydrogens (tertiary/aromatic N) is 4. The SMILES string of the molecule is Cc1cccc(C)c1-n1nnnc1[C@H](c1ccccc1)[NH+]1CCOCC1. The van der Waals surface area contributed by atoms with Crippen LogP contribution in [0.15, 0.2) is 48.5 Å². The van der Waals surface area contributed by atoms with Gasteiger partial charge in [0.25, 0.3) is 0 Å². The van der Waals surface area contributed by atoms with E-state index in [4.69, 9.17) is 4.74 Å². The minimum Gasteiger partial charge on any atom is -0.370 e. The van der Waals surface area contributed by atoms with Crippen LogP contribution in [-0.4, -0.2) is 46.5 Å². The van der Waals surface area contributed by atoms with Crippen LogP contribution in [0.3, 0.4) is 0 Å². The number of hydrogen-bond donors (Lipinski definition) is 1. The zero-order valence-electron chi connectivity index (χ0n) is 15.2. The molecule has 2 aromatic carbocycles. The van der Waals surface area contributed by atoms with Gasteiger partial charge < -0.3 is 9.64 Å². The molecular weight excluding hydrogens is 326 g/mol. The third kappa shape index (κ3) is 3.13. The van der Waals surface area contributed by atoms with Crippen LogP contribution >= 0.6 is 0 Å². The van der Waals surface area contributed by atoms with Crippen molar-refractivity contribution in [2.24, 2.45) is 0 Å². The van der Waals surface area contributed by atoms with Crippen LogP contribution in [0.5, 0.6) is 0 Å². The zero-order chi connectivity index (χ0) is 17.9. The van der Waals surface area contributed by atoms with Gasteiger partial charge in [0.15, 0.2) is 6.04 Å². The van der Waals surface area contributed by atoms with E-state index < -0.39 is 0 Å². The van der Waals surface area contributed by atoms with E-state index in [9.17, 15) is 0 Å². The fourth-order valence-corrected chi connectivity index (χ4v) is 3.81. The molecule has 6 nitrogen and oxygen atoms in total. The topological polar surface area (TPSA) is 57.3 Å². The Morgan fingerprint density at radius 2 is 1.65 bits per heavy atom. The van der Waals surface area contributed by atoms with Crippen molar-refractivity contribution in [3.05, 3.63) is 71.0 Å². The maximum absolute atomic E-state index is 5.58. The second-order valence-corrected chi connectivity index (χ2v) is 6.80. The van der Waals surface area contributed by atoms with E-state index in [1.54, 1.807) is 0 Å². The molecule has 0 bridgehead atoms. The summed E-state index contributed by atoms with van der Waals surface area (Å²) in [4.78, 5) is 1.43. The highest BCUT2D eigenvalue weighted by molar-refractivity contribution is 5.47. The van der Waals surface area contributed by atoms with Crippen molar-refractivity contribution in [3.63, 3.8) is 0 Å². The Hall–Kier alpha value is -2.57. The molecule has 0 amide bonds. The molecule has 1 saturated heterocycles. The molecule has 0 spiro atoms. The van der Waals surface area contributed by atoms with Gasteiger partial charge in [0, 0.05) is 5.56 Å². The monoisotopic (exact) mass is 350 g/mol. The summed E-state index contributed by atoms with van der Waals surface area (Å²) in [6.07, 6.45) is 0. The van der Waals surface area contributed by atoms with E-state index in [1.165, 1.54) is 21.6 Å².